The lowest BCUT2D eigenvalue weighted by molar-refractivity contribution is -0.137. The average Bonchev–Trinajstić information content (AvgIpc) is 3.19. The normalized spacial score (nSPS) is 14.8. The molecule has 20 heavy (non-hydrogen) atoms. The van der Waals surface area contributed by atoms with Crippen LogP contribution in [0.5, 0.6) is 0 Å². The first-order valence-electron chi connectivity index (χ1n) is 6.11. The molecule has 0 atom stereocenters. The first kappa shape index (κ1) is 14.4. The highest BCUT2D eigenvalue weighted by Crippen LogP contribution is 2.30. The first-order chi connectivity index (χ1) is 9.36. The third-order valence-corrected chi connectivity index (χ3v) is 2.84. The smallest absolute Gasteiger partial charge is 0.347 e. The monoisotopic (exact) mass is 286 g/mol. The molecule has 0 unspecified atom stereocenters. The van der Waals surface area contributed by atoms with Crippen molar-refractivity contribution in [2.45, 2.75) is 19.0 Å². The number of rotatable bonds is 4. The van der Waals surface area contributed by atoms with Crippen LogP contribution in [0, 0.1) is 5.92 Å². The molecule has 0 bridgehead atoms. The van der Waals surface area contributed by atoms with Crippen molar-refractivity contribution in [3.63, 3.8) is 0 Å². The van der Waals surface area contributed by atoms with Gasteiger partial charge in [-0.2, -0.15) is 13.2 Å². The number of nitrogens with one attached hydrogen (secondary N) is 2. The predicted octanol–water partition coefficient (Wildman–Crippen LogP) is 2.17. The van der Waals surface area contributed by atoms with Crippen LogP contribution in [0.15, 0.2) is 24.3 Å². The fourth-order valence-corrected chi connectivity index (χ4v) is 1.64. The van der Waals surface area contributed by atoms with Crippen LogP contribution in [0.1, 0.15) is 18.4 Å². The minimum absolute atomic E-state index is 0.0173. The van der Waals surface area contributed by atoms with Gasteiger partial charge in [0.2, 0.25) is 11.8 Å². The van der Waals surface area contributed by atoms with E-state index in [1.165, 1.54) is 12.1 Å². The van der Waals surface area contributed by atoms with Crippen molar-refractivity contribution in [2.75, 3.05) is 11.9 Å². The molecule has 1 fully saturated rings. The van der Waals surface area contributed by atoms with Gasteiger partial charge in [0.15, 0.2) is 0 Å². The van der Waals surface area contributed by atoms with E-state index in [-0.39, 0.29) is 24.1 Å². The van der Waals surface area contributed by atoms with Crippen molar-refractivity contribution in [1.29, 1.82) is 0 Å². The van der Waals surface area contributed by atoms with Crippen LogP contribution in [0.2, 0.25) is 0 Å². The Morgan fingerprint density at radius 1 is 1.25 bits per heavy atom. The molecule has 2 amide bonds. The number of hydrogen-bond donors (Lipinski definition) is 2. The van der Waals surface area contributed by atoms with E-state index < -0.39 is 17.6 Å². The van der Waals surface area contributed by atoms with E-state index in [1.54, 1.807) is 0 Å². The van der Waals surface area contributed by atoms with Crippen LogP contribution >= 0.6 is 0 Å². The third-order valence-electron chi connectivity index (χ3n) is 2.84. The zero-order chi connectivity index (χ0) is 14.8. The summed E-state index contributed by atoms with van der Waals surface area (Å²) >= 11 is 0. The van der Waals surface area contributed by atoms with Crippen LogP contribution in [0.25, 0.3) is 0 Å². The molecule has 0 saturated heterocycles. The Labute approximate surface area is 113 Å². The molecule has 1 aliphatic rings. The molecule has 7 heteroatoms. The van der Waals surface area contributed by atoms with Crippen LogP contribution in [0.4, 0.5) is 18.9 Å². The van der Waals surface area contributed by atoms with Crippen molar-refractivity contribution in [3.8, 4) is 0 Å². The Bertz CT molecular complexity index is 525. The van der Waals surface area contributed by atoms with Gasteiger partial charge in [-0.3, -0.25) is 9.59 Å². The Morgan fingerprint density at radius 2 is 1.95 bits per heavy atom. The van der Waals surface area contributed by atoms with E-state index in [0.29, 0.717) is 0 Å². The van der Waals surface area contributed by atoms with Gasteiger partial charge in [0.05, 0.1) is 12.1 Å². The second-order valence-corrected chi connectivity index (χ2v) is 4.62. The second kappa shape index (κ2) is 5.52. The molecule has 1 aliphatic carbocycles. The SMILES string of the molecule is O=C(CNC(=O)C1CC1)Nc1cccc(C(F)(F)F)c1. The molecular weight excluding hydrogens is 273 g/mol. The van der Waals surface area contributed by atoms with Gasteiger partial charge >= 0.3 is 6.18 Å². The topological polar surface area (TPSA) is 58.2 Å². The largest absolute Gasteiger partial charge is 0.416 e. The Hall–Kier alpha value is -2.05. The molecule has 0 radical (unpaired) electrons. The van der Waals surface area contributed by atoms with Crippen LogP contribution in [-0.2, 0) is 15.8 Å². The van der Waals surface area contributed by atoms with Gasteiger partial charge in [-0.05, 0) is 31.0 Å². The molecule has 108 valence electrons. The number of benzene rings is 1. The summed E-state index contributed by atoms with van der Waals surface area (Å²) in [6.07, 6.45) is -2.82. The summed E-state index contributed by atoms with van der Waals surface area (Å²) in [5.74, 6) is -0.765. The van der Waals surface area contributed by atoms with Crippen molar-refractivity contribution in [3.05, 3.63) is 29.8 Å². The Kier molecular flexibility index (Phi) is 3.96. The third kappa shape index (κ3) is 3.97. The van der Waals surface area contributed by atoms with E-state index in [9.17, 15) is 22.8 Å². The minimum atomic E-state index is -4.46. The maximum Gasteiger partial charge on any atom is 0.416 e. The van der Waals surface area contributed by atoms with E-state index in [1.807, 2.05) is 0 Å². The van der Waals surface area contributed by atoms with Crippen molar-refractivity contribution < 1.29 is 22.8 Å². The zero-order valence-corrected chi connectivity index (χ0v) is 10.5. The van der Waals surface area contributed by atoms with Gasteiger partial charge in [0, 0.05) is 11.6 Å². The summed E-state index contributed by atoms with van der Waals surface area (Å²) in [7, 11) is 0. The summed E-state index contributed by atoms with van der Waals surface area (Å²) < 4.78 is 37.5. The summed E-state index contributed by atoms with van der Waals surface area (Å²) in [5, 5.41) is 4.75. The molecule has 1 aromatic rings. The van der Waals surface area contributed by atoms with Gasteiger partial charge in [0.25, 0.3) is 0 Å². The predicted molar refractivity (Wildman–Crippen MR) is 65.8 cm³/mol. The molecule has 1 saturated carbocycles. The fourth-order valence-electron chi connectivity index (χ4n) is 1.64. The molecule has 0 aromatic heterocycles. The average molecular weight is 286 g/mol. The van der Waals surface area contributed by atoms with E-state index in [4.69, 9.17) is 0 Å². The summed E-state index contributed by atoms with van der Waals surface area (Å²) in [6, 6.07) is 4.34. The number of halogens is 3. The highest BCUT2D eigenvalue weighted by molar-refractivity contribution is 5.95. The summed E-state index contributed by atoms with van der Waals surface area (Å²) in [6.45, 7) is -0.244. The number of amides is 2. The number of anilines is 1. The lowest BCUT2D eigenvalue weighted by Crippen LogP contribution is -2.33. The van der Waals surface area contributed by atoms with E-state index >= 15 is 0 Å². The second-order valence-electron chi connectivity index (χ2n) is 4.62. The van der Waals surface area contributed by atoms with Crippen molar-refractivity contribution >= 4 is 17.5 Å². The highest BCUT2D eigenvalue weighted by atomic mass is 19.4. The minimum Gasteiger partial charge on any atom is -0.347 e. The van der Waals surface area contributed by atoms with E-state index in [0.717, 1.165) is 25.0 Å². The molecule has 2 rings (SSSR count). The lowest BCUT2D eigenvalue weighted by atomic mass is 10.2. The van der Waals surface area contributed by atoms with E-state index in [2.05, 4.69) is 10.6 Å². The van der Waals surface area contributed by atoms with Crippen LogP contribution < -0.4 is 10.6 Å². The van der Waals surface area contributed by atoms with Crippen LogP contribution in [-0.4, -0.2) is 18.4 Å². The number of alkyl halides is 3. The molecule has 2 N–H and O–H groups in total. The number of carbonyl (C=O) groups is 2. The maximum absolute atomic E-state index is 12.5. The Morgan fingerprint density at radius 3 is 2.55 bits per heavy atom. The molecular formula is C13H13F3N2O2. The standard InChI is InChI=1S/C13H13F3N2O2/c14-13(15,16)9-2-1-3-10(6-9)18-11(19)7-17-12(20)8-4-5-8/h1-3,6,8H,4-5,7H2,(H,17,20)(H,18,19). The quantitative estimate of drug-likeness (QED) is 0.891. The highest BCUT2D eigenvalue weighted by Gasteiger charge is 2.31. The fraction of sp³-hybridized carbons (Fsp3) is 0.385. The van der Waals surface area contributed by atoms with Gasteiger partial charge < -0.3 is 10.6 Å². The number of carbonyl (C=O) groups excluding carboxylic acids is 2. The zero-order valence-electron chi connectivity index (χ0n) is 10.5. The Balaban J connectivity index is 1.88. The molecule has 0 heterocycles. The first-order valence-corrected chi connectivity index (χ1v) is 6.11. The summed E-state index contributed by atoms with van der Waals surface area (Å²) in [5.41, 5.74) is -0.789. The number of hydrogen-bond acceptors (Lipinski definition) is 2. The molecule has 4 nitrogen and oxygen atoms in total. The molecule has 0 spiro atoms. The van der Waals surface area contributed by atoms with Gasteiger partial charge in [0.1, 0.15) is 0 Å². The lowest BCUT2D eigenvalue weighted by Gasteiger charge is -2.10. The van der Waals surface area contributed by atoms with Crippen molar-refractivity contribution in [1.82, 2.24) is 5.32 Å². The van der Waals surface area contributed by atoms with Crippen molar-refractivity contribution in [2.24, 2.45) is 5.92 Å². The van der Waals surface area contributed by atoms with Crippen LogP contribution in [0.3, 0.4) is 0 Å². The van der Waals surface area contributed by atoms with Gasteiger partial charge in [-0.1, -0.05) is 6.07 Å². The molecule has 0 aliphatic heterocycles. The molecule has 1 aromatic carbocycles. The van der Waals surface area contributed by atoms with Gasteiger partial charge in [-0.15, -0.1) is 0 Å². The maximum atomic E-state index is 12.5. The van der Waals surface area contributed by atoms with Gasteiger partial charge in [-0.25, -0.2) is 0 Å². The summed E-state index contributed by atoms with van der Waals surface area (Å²) in [4.78, 5) is 22.8.